The van der Waals surface area contributed by atoms with Gasteiger partial charge in [-0.1, -0.05) is 29.8 Å². The summed E-state index contributed by atoms with van der Waals surface area (Å²) >= 11 is 1.65. The van der Waals surface area contributed by atoms with Gasteiger partial charge in [-0.2, -0.15) is 0 Å². The van der Waals surface area contributed by atoms with E-state index in [1.165, 1.54) is 11.1 Å². The van der Waals surface area contributed by atoms with E-state index in [0.717, 1.165) is 5.75 Å². The average molecular weight is 251 g/mol. The number of carbonyl (C=O) groups excluding carboxylic acids is 1. The Morgan fingerprint density at radius 2 is 2.35 bits per heavy atom. The topological polar surface area (TPSA) is 38.3 Å². The van der Waals surface area contributed by atoms with Crippen molar-refractivity contribution in [2.45, 2.75) is 18.7 Å². The van der Waals surface area contributed by atoms with Crippen LogP contribution in [-0.4, -0.2) is 30.9 Å². The number of ether oxygens (including phenoxy) is 1. The van der Waals surface area contributed by atoms with Gasteiger partial charge < -0.3 is 10.1 Å². The van der Waals surface area contributed by atoms with Gasteiger partial charge in [-0.05, 0) is 12.5 Å². The number of carbonyl (C=O) groups is 1. The van der Waals surface area contributed by atoms with Crippen molar-refractivity contribution < 1.29 is 9.53 Å². The van der Waals surface area contributed by atoms with E-state index in [4.69, 9.17) is 4.74 Å². The number of rotatable bonds is 5. The molecule has 1 amide bonds. The molecule has 1 saturated heterocycles. The molecule has 3 nitrogen and oxygen atoms in total. The lowest BCUT2D eigenvalue weighted by molar-refractivity contribution is -0.122. The molecule has 92 valence electrons. The first kappa shape index (κ1) is 12.5. The maximum atomic E-state index is 11.5. The molecular weight excluding hydrogens is 234 g/mol. The molecular formula is C13H17NO2S. The largest absolute Gasteiger partial charge is 0.377 e. The van der Waals surface area contributed by atoms with E-state index in [-0.39, 0.29) is 11.9 Å². The predicted octanol–water partition coefficient (Wildman–Crippen LogP) is 1.74. The summed E-state index contributed by atoms with van der Waals surface area (Å²) in [5.41, 5.74) is 2.54. The zero-order chi connectivity index (χ0) is 12.1. The molecule has 0 spiro atoms. The van der Waals surface area contributed by atoms with Crippen LogP contribution in [0.15, 0.2) is 24.3 Å². The Bertz CT molecular complexity index is 391. The lowest BCUT2D eigenvalue weighted by Gasteiger charge is -2.26. The van der Waals surface area contributed by atoms with Crippen molar-refractivity contribution in [1.82, 2.24) is 5.32 Å². The van der Waals surface area contributed by atoms with Crippen molar-refractivity contribution in [3.63, 3.8) is 0 Å². The fourth-order valence-electron chi connectivity index (χ4n) is 1.65. The third kappa shape index (κ3) is 4.06. The molecule has 0 aliphatic carbocycles. The molecule has 1 aromatic rings. The SMILES string of the molecule is Cc1cccc(CSCC(=O)NC2COC2)c1. The highest BCUT2D eigenvalue weighted by atomic mass is 32.2. The Balaban J connectivity index is 1.66. The van der Waals surface area contributed by atoms with Crippen LogP contribution in [0.25, 0.3) is 0 Å². The van der Waals surface area contributed by atoms with Crippen LogP contribution in [0.3, 0.4) is 0 Å². The van der Waals surface area contributed by atoms with Crippen LogP contribution in [-0.2, 0) is 15.3 Å². The lowest BCUT2D eigenvalue weighted by Crippen LogP contribution is -2.49. The lowest BCUT2D eigenvalue weighted by atomic mass is 10.2. The minimum atomic E-state index is 0.107. The molecule has 1 fully saturated rings. The van der Waals surface area contributed by atoms with Gasteiger partial charge >= 0.3 is 0 Å². The molecule has 1 aliphatic rings. The zero-order valence-corrected chi connectivity index (χ0v) is 10.8. The van der Waals surface area contributed by atoms with Crippen molar-refractivity contribution >= 4 is 17.7 Å². The van der Waals surface area contributed by atoms with Crippen molar-refractivity contribution in [1.29, 1.82) is 0 Å². The van der Waals surface area contributed by atoms with Crippen LogP contribution in [0.2, 0.25) is 0 Å². The third-order valence-electron chi connectivity index (χ3n) is 2.59. The number of benzene rings is 1. The van der Waals surface area contributed by atoms with Crippen LogP contribution in [0.4, 0.5) is 0 Å². The first-order valence-electron chi connectivity index (χ1n) is 5.74. The molecule has 1 heterocycles. The predicted molar refractivity (Wildman–Crippen MR) is 70.1 cm³/mol. The first-order valence-corrected chi connectivity index (χ1v) is 6.90. The van der Waals surface area contributed by atoms with E-state index in [0.29, 0.717) is 19.0 Å². The monoisotopic (exact) mass is 251 g/mol. The van der Waals surface area contributed by atoms with E-state index in [9.17, 15) is 4.79 Å². The van der Waals surface area contributed by atoms with E-state index >= 15 is 0 Å². The Labute approximate surface area is 106 Å². The number of hydrogen-bond acceptors (Lipinski definition) is 3. The highest BCUT2D eigenvalue weighted by molar-refractivity contribution is 7.99. The molecule has 1 N–H and O–H groups in total. The van der Waals surface area contributed by atoms with Crippen molar-refractivity contribution in [2.75, 3.05) is 19.0 Å². The van der Waals surface area contributed by atoms with E-state index in [2.05, 4.69) is 36.5 Å². The minimum absolute atomic E-state index is 0.107. The second-order valence-electron chi connectivity index (χ2n) is 4.28. The smallest absolute Gasteiger partial charge is 0.230 e. The summed E-state index contributed by atoms with van der Waals surface area (Å²) in [7, 11) is 0. The van der Waals surface area contributed by atoms with Gasteiger partial charge in [-0.25, -0.2) is 0 Å². The van der Waals surface area contributed by atoms with E-state index in [1.807, 2.05) is 0 Å². The van der Waals surface area contributed by atoms with Crippen LogP contribution in [0.5, 0.6) is 0 Å². The highest BCUT2D eigenvalue weighted by Crippen LogP contribution is 2.13. The second-order valence-corrected chi connectivity index (χ2v) is 5.27. The Kier molecular flexibility index (Phi) is 4.45. The summed E-state index contributed by atoms with van der Waals surface area (Å²) in [5.74, 6) is 1.51. The molecule has 1 aromatic carbocycles. The summed E-state index contributed by atoms with van der Waals surface area (Å²) in [6, 6.07) is 8.62. The Morgan fingerprint density at radius 1 is 1.53 bits per heavy atom. The van der Waals surface area contributed by atoms with Crippen molar-refractivity contribution in [3.05, 3.63) is 35.4 Å². The van der Waals surface area contributed by atoms with Gasteiger partial charge in [-0.3, -0.25) is 4.79 Å². The summed E-state index contributed by atoms with van der Waals surface area (Å²) in [6.45, 7) is 3.40. The molecule has 0 aromatic heterocycles. The number of nitrogens with one attached hydrogen (secondary N) is 1. The van der Waals surface area contributed by atoms with E-state index in [1.54, 1.807) is 11.8 Å². The van der Waals surface area contributed by atoms with Gasteiger partial charge in [0, 0.05) is 5.75 Å². The van der Waals surface area contributed by atoms with Crippen LogP contribution in [0, 0.1) is 6.92 Å². The maximum absolute atomic E-state index is 11.5. The van der Waals surface area contributed by atoms with Gasteiger partial charge in [0.05, 0.1) is 25.0 Å². The first-order chi connectivity index (χ1) is 8.24. The molecule has 2 rings (SSSR count). The molecule has 4 heteroatoms. The van der Waals surface area contributed by atoms with Gasteiger partial charge in [-0.15, -0.1) is 11.8 Å². The fourth-order valence-corrected chi connectivity index (χ4v) is 2.44. The highest BCUT2D eigenvalue weighted by Gasteiger charge is 2.19. The quantitative estimate of drug-likeness (QED) is 0.866. The maximum Gasteiger partial charge on any atom is 0.230 e. The summed E-state index contributed by atoms with van der Waals surface area (Å²) < 4.78 is 5.00. The van der Waals surface area contributed by atoms with Gasteiger partial charge in [0.25, 0.3) is 0 Å². The average Bonchev–Trinajstić information content (AvgIpc) is 2.24. The Hall–Kier alpha value is -1.00. The van der Waals surface area contributed by atoms with E-state index < -0.39 is 0 Å². The molecule has 0 radical (unpaired) electrons. The summed E-state index contributed by atoms with van der Waals surface area (Å²) in [6.07, 6.45) is 0. The van der Waals surface area contributed by atoms with Crippen LogP contribution < -0.4 is 5.32 Å². The number of hydrogen-bond donors (Lipinski definition) is 1. The zero-order valence-electron chi connectivity index (χ0n) is 9.94. The third-order valence-corrected chi connectivity index (χ3v) is 3.59. The van der Waals surface area contributed by atoms with Crippen LogP contribution in [0.1, 0.15) is 11.1 Å². The van der Waals surface area contributed by atoms with Crippen LogP contribution >= 0.6 is 11.8 Å². The van der Waals surface area contributed by atoms with Crippen molar-refractivity contribution in [2.24, 2.45) is 0 Å². The van der Waals surface area contributed by atoms with Gasteiger partial charge in [0.1, 0.15) is 0 Å². The standard InChI is InChI=1S/C13H17NO2S/c1-10-3-2-4-11(5-10)8-17-9-13(15)14-12-6-16-7-12/h2-5,12H,6-9H2,1H3,(H,14,15). The van der Waals surface area contributed by atoms with Gasteiger partial charge in [0.2, 0.25) is 5.91 Å². The number of aryl methyl sites for hydroxylation is 1. The fraction of sp³-hybridized carbons (Fsp3) is 0.462. The molecule has 0 atom stereocenters. The van der Waals surface area contributed by atoms with Crippen molar-refractivity contribution in [3.8, 4) is 0 Å². The Morgan fingerprint density at radius 3 is 3.00 bits per heavy atom. The second kappa shape index (κ2) is 6.07. The normalized spacial score (nSPS) is 15.4. The molecule has 0 unspecified atom stereocenters. The summed E-state index contributed by atoms with van der Waals surface area (Å²) in [4.78, 5) is 11.5. The number of amides is 1. The van der Waals surface area contributed by atoms with Gasteiger partial charge in [0.15, 0.2) is 0 Å². The molecule has 0 saturated carbocycles. The molecule has 1 aliphatic heterocycles. The molecule has 17 heavy (non-hydrogen) atoms. The number of thioether (sulfide) groups is 1. The minimum Gasteiger partial charge on any atom is -0.377 e. The molecule has 0 bridgehead atoms. The summed E-state index contributed by atoms with van der Waals surface area (Å²) in [5, 5.41) is 2.93.